The van der Waals surface area contributed by atoms with Crippen LogP contribution in [0.2, 0.25) is 0 Å². The van der Waals surface area contributed by atoms with Crippen LogP contribution < -0.4 is 10.2 Å². The molecule has 2 saturated heterocycles. The van der Waals surface area contributed by atoms with Crippen LogP contribution in [0.5, 0.6) is 0 Å². The van der Waals surface area contributed by atoms with E-state index in [4.69, 9.17) is 24.5 Å². The van der Waals surface area contributed by atoms with Crippen LogP contribution in [0.4, 0.5) is 16.4 Å². The van der Waals surface area contributed by atoms with Gasteiger partial charge in [-0.15, -0.1) is 0 Å². The first kappa shape index (κ1) is 20.7. The minimum atomic E-state index is -0.505. The van der Waals surface area contributed by atoms with Crippen LogP contribution in [0, 0.1) is 0 Å². The number of benzene rings is 1. The number of hydrogen-bond acceptors (Lipinski definition) is 8. The van der Waals surface area contributed by atoms with Crippen molar-refractivity contribution < 1.29 is 19.0 Å². The lowest BCUT2D eigenvalue weighted by atomic mass is 10.1. The minimum Gasteiger partial charge on any atom is -0.453 e. The second-order valence-corrected chi connectivity index (χ2v) is 7.84. The molecule has 0 aliphatic carbocycles. The molecule has 1 N–H and O–H groups in total. The molecule has 10 heteroatoms. The summed E-state index contributed by atoms with van der Waals surface area (Å²) in [5.41, 5.74) is 3.23. The van der Waals surface area contributed by atoms with Crippen molar-refractivity contribution in [2.75, 3.05) is 56.8 Å². The molecule has 0 atom stereocenters. The van der Waals surface area contributed by atoms with Gasteiger partial charge in [-0.05, 0) is 25.0 Å². The number of ether oxygens (including phenoxy) is 3. The number of aromatic nitrogens is 4. The summed E-state index contributed by atoms with van der Waals surface area (Å²) in [6.07, 6.45) is 3.17. The third-order valence-electron chi connectivity index (χ3n) is 5.86. The molecule has 3 aromatic rings. The van der Waals surface area contributed by atoms with Crippen LogP contribution in [-0.2, 0) is 14.2 Å². The molecule has 32 heavy (non-hydrogen) atoms. The van der Waals surface area contributed by atoms with E-state index in [0.29, 0.717) is 24.8 Å². The van der Waals surface area contributed by atoms with Gasteiger partial charge in [0.1, 0.15) is 0 Å². The summed E-state index contributed by atoms with van der Waals surface area (Å²) in [6.45, 7) is 4.27. The van der Waals surface area contributed by atoms with Crippen LogP contribution in [0.3, 0.4) is 0 Å². The zero-order valence-corrected chi connectivity index (χ0v) is 18.0. The topological polar surface area (TPSA) is 104 Å². The Bertz CT molecular complexity index is 1090. The summed E-state index contributed by atoms with van der Waals surface area (Å²) in [5, 5.41) is 8.28. The van der Waals surface area contributed by atoms with Gasteiger partial charge in [-0.1, -0.05) is 12.1 Å². The first-order valence-electron chi connectivity index (χ1n) is 10.8. The maximum absolute atomic E-state index is 11.5. The monoisotopic (exact) mass is 438 g/mol. The van der Waals surface area contributed by atoms with Gasteiger partial charge in [0.25, 0.3) is 0 Å². The highest BCUT2D eigenvalue weighted by molar-refractivity contribution is 5.92. The van der Waals surface area contributed by atoms with Gasteiger partial charge in [0, 0.05) is 37.6 Å². The molecule has 2 aromatic heterocycles. The van der Waals surface area contributed by atoms with E-state index in [-0.39, 0.29) is 6.04 Å². The van der Waals surface area contributed by atoms with E-state index >= 15 is 0 Å². The Morgan fingerprint density at radius 1 is 1.06 bits per heavy atom. The van der Waals surface area contributed by atoms with E-state index in [2.05, 4.69) is 15.0 Å². The van der Waals surface area contributed by atoms with E-state index in [0.717, 1.165) is 61.4 Å². The number of nitrogens with one attached hydrogen (secondary N) is 1. The Balaban J connectivity index is 1.57. The molecule has 168 valence electrons. The molecule has 0 radical (unpaired) electrons. The van der Waals surface area contributed by atoms with Crippen molar-refractivity contribution in [2.45, 2.75) is 18.9 Å². The third-order valence-corrected chi connectivity index (χ3v) is 5.86. The molecule has 0 spiro atoms. The van der Waals surface area contributed by atoms with E-state index < -0.39 is 6.09 Å². The first-order chi connectivity index (χ1) is 15.7. The average Bonchev–Trinajstić information content (AvgIpc) is 3.29. The number of methoxy groups -OCH3 is 1. The van der Waals surface area contributed by atoms with E-state index in [1.54, 1.807) is 0 Å². The highest BCUT2D eigenvalue weighted by Crippen LogP contribution is 2.32. The summed E-state index contributed by atoms with van der Waals surface area (Å²) >= 11 is 0. The van der Waals surface area contributed by atoms with Crippen molar-refractivity contribution in [1.29, 1.82) is 0 Å². The molecule has 1 aromatic carbocycles. The SMILES string of the molecule is COC(=O)Nc1ccc(-c2nc(N3CCOCC3)nc3c2cnn3C2CCOCC2)cc1. The number of fused-ring (bicyclic) bond motifs is 1. The number of rotatable bonds is 4. The summed E-state index contributed by atoms with van der Waals surface area (Å²) in [5.74, 6) is 0.682. The number of amides is 1. The van der Waals surface area contributed by atoms with Crippen molar-refractivity contribution in [3.8, 4) is 11.3 Å². The van der Waals surface area contributed by atoms with Gasteiger partial charge in [0.05, 0.1) is 43.6 Å². The van der Waals surface area contributed by atoms with Crippen LogP contribution in [0.1, 0.15) is 18.9 Å². The molecule has 2 aliphatic rings. The Morgan fingerprint density at radius 2 is 1.78 bits per heavy atom. The van der Waals surface area contributed by atoms with Crippen LogP contribution in [0.15, 0.2) is 30.5 Å². The zero-order valence-electron chi connectivity index (χ0n) is 18.0. The molecule has 1 amide bonds. The fraction of sp³-hybridized carbons (Fsp3) is 0.455. The number of anilines is 2. The van der Waals surface area contributed by atoms with Crippen molar-refractivity contribution in [3.05, 3.63) is 30.5 Å². The molecular formula is C22H26N6O4. The van der Waals surface area contributed by atoms with Gasteiger partial charge in [0.2, 0.25) is 5.95 Å². The fourth-order valence-electron chi connectivity index (χ4n) is 4.12. The smallest absolute Gasteiger partial charge is 0.411 e. The lowest BCUT2D eigenvalue weighted by Crippen LogP contribution is -2.37. The molecular weight excluding hydrogens is 412 g/mol. The second kappa shape index (κ2) is 9.09. The van der Waals surface area contributed by atoms with Crippen LogP contribution >= 0.6 is 0 Å². The molecule has 0 unspecified atom stereocenters. The third kappa shape index (κ3) is 4.11. The summed E-state index contributed by atoms with van der Waals surface area (Å²) < 4.78 is 17.7. The van der Waals surface area contributed by atoms with Gasteiger partial charge in [-0.25, -0.2) is 14.5 Å². The van der Waals surface area contributed by atoms with Crippen molar-refractivity contribution in [2.24, 2.45) is 0 Å². The first-order valence-corrected chi connectivity index (χ1v) is 10.8. The van der Waals surface area contributed by atoms with Crippen LogP contribution in [-0.4, -0.2) is 72.5 Å². The molecule has 4 heterocycles. The lowest BCUT2D eigenvalue weighted by Gasteiger charge is -2.27. The summed E-state index contributed by atoms with van der Waals surface area (Å²) in [4.78, 5) is 23.5. The van der Waals surface area contributed by atoms with E-state index in [9.17, 15) is 4.79 Å². The summed E-state index contributed by atoms with van der Waals surface area (Å²) in [7, 11) is 1.34. The lowest BCUT2D eigenvalue weighted by molar-refractivity contribution is 0.0673. The molecule has 0 saturated carbocycles. The molecule has 2 fully saturated rings. The number of carbonyl (C=O) groups excluding carboxylic acids is 1. The van der Waals surface area contributed by atoms with Crippen molar-refractivity contribution in [1.82, 2.24) is 19.7 Å². The normalized spacial score (nSPS) is 17.5. The number of carbonyl (C=O) groups is 1. The second-order valence-electron chi connectivity index (χ2n) is 7.84. The minimum absolute atomic E-state index is 0.258. The largest absolute Gasteiger partial charge is 0.453 e. The Kier molecular flexibility index (Phi) is 5.87. The fourth-order valence-corrected chi connectivity index (χ4v) is 4.12. The number of morpholine rings is 1. The van der Waals surface area contributed by atoms with Gasteiger partial charge >= 0.3 is 6.09 Å². The van der Waals surface area contributed by atoms with Gasteiger partial charge in [-0.2, -0.15) is 10.1 Å². The van der Waals surface area contributed by atoms with Crippen molar-refractivity contribution >= 4 is 28.8 Å². The van der Waals surface area contributed by atoms with Gasteiger partial charge in [-0.3, -0.25) is 5.32 Å². The maximum atomic E-state index is 11.5. The predicted molar refractivity (Wildman–Crippen MR) is 119 cm³/mol. The Hall–Kier alpha value is -3.24. The highest BCUT2D eigenvalue weighted by atomic mass is 16.5. The molecule has 10 nitrogen and oxygen atoms in total. The van der Waals surface area contributed by atoms with Gasteiger partial charge in [0.15, 0.2) is 5.65 Å². The average molecular weight is 438 g/mol. The number of nitrogens with zero attached hydrogens (tertiary/aromatic N) is 5. The predicted octanol–water partition coefficient (Wildman–Crippen LogP) is 2.86. The maximum Gasteiger partial charge on any atom is 0.411 e. The summed E-state index contributed by atoms with van der Waals surface area (Å²) in [6, 6.07) is 7.78. The quantitative estimate of drug-likeness (QED) is 0.663. The van der Waals surface area contributed by atoms with Crippen molar-refractivity contribution in [3.63, 3.8) is 0 Å². The van der Waals surface area contributed by atoms with E-state index in [1.807, 2.05) is 35.1 Å². The number of hydrogen-bond donors (Lipinski definition) is 1. The standard InChI is InChI=1S/C22H26N6O4/c1-30-22(29)24-16-4-2-15(3-5-16)19-18-14-23-28(17-6-10-31-11-7-17)20(18)26-21(25-19)27-8-12-32-13-9-27/h2-5,14,17H,6-13H2,1H3,(H,24,29). The highest BCUT2D eigenvalue weighted by Gasteiger charge is 2.24. The Labute approximate surface area is 185 Å². The molecule has 5 rings (SSSR count). The van der Waals surface area contributed by atoms with Gasteiger partial charge < -0.3 is 19.1 Å². The molecule has 0 bridgehead atoms. The van der Waals surface area contributed by atoms with E-state index in [1.165, 1.54) is 7.11 Å². The zero-order chi connectivity index (χ0) is 21.9. The molecule has 2 aliphatic heterocycles. The Morgan fingerprint density at radius 3 is 2.50 bits per heavy atom. The van der Waals surface area contributed by atoms with Crippen LogP contribution in [0.25, 0.3) is 22.3 Å².